The standard InChI is InChI=1S/C13H19FN2O3/c1-9(16-13(17)8-19-6-5-15)10-3-4-12(18-2)11(14)7-10/h3-4,7,9H,5-6,8,15H2,1-2H3,(H,16,17). The first-order valence-corrected chi connectivity index (χ1v) is 5.99. The zero-order chi connectivity index (χ0) is 14.3. The first-order chi connectivity index (χ1) is 9.08. The van der Waals surface area contributed by atoms with Crippen molar-refractivity contribution in [1.82, 2.24) is 5.32 Å². The van der Waals surface area contributed by atoms with Crippen molar-refractivity contribution in [1.29, 1.82) is 0 Å². The average molecular weight is 270 g/mol. The van der Waals surface area contributed by atoms with Crippen LogP contribution in [0.1, 0.15) is 18.5 Å². The summed E-state index contributed by atoms with van der Waals surface area (Å²) in [5.74, 6) is -0.550. The summed E-state index contributed by atoms with van der Waals surface area (Å²) in [6.07, 6.45) is 0. The molecule has 1 atom stereocenters. The van der Waals surface area contributed by atoms with Crippen LogP contribution >= 0.6 is 0 Å². The number of halogens is 1. The highest BCUT2D eigenvalue weighted by Crippen LogP contribution is 2.21. The number of nitrogens with two attached hydrogens (primary N) is 1. The molecule has 0 saturated heterocycles. The van der Waals surface area contributed by atoms with E-state index >= 15 is 0 Å². The molecule has 0 heterocycles. The molecule has 0 spiro atoms. The second-order valence-corrected chi connectivity index (χ2v) is 4.02. The van der Waals surface area contributed by atoms with Crippen molar-refractivity contribution in [2.45, 2.75) is 13.0 Å². The van der Waals surface area contributed by atoms with E-state index in [0.717, 1.165) is 0 Å². The summed E-state index contributed by atoms with van der Waals surface area (Å²) in [7, 11) is 1.40. The minimum atomic E-state index is -0.458. The van der Waals surface area contributed by atoms with Gasteiger partial charge in [-0.1, -0.05) is 6.07 Å². The Hall–Kier alpha value is -1.66. The van der Waals surface area contributed by atoms with E-state index in [2.05, 4.69) is 5.32 Å². The van der Waals surface area contributed by atoms with Gasteiger partial charge in [-0.15, -0.1) is 0 Å². The predicted molar refractivity (Wildman–Crippen MR) is 69.4 cm³/mol. The molecule has 0 aromatic heterocycles. The second kappa shape index (κ2) is 7.70. The molecule has 0 aliphatic heterocycles. The minimum Gasteiger partial charge on any atom is -0.494 e. The Bertz CT molecular complexity index is 426. The van der Waals surface area contributed by atoms with Crippen LogP contribution < -0.4 is 15.8 Å². The van der Waals surface area contributed by atoms with E-state index in [-0.39, 0.29) is 24.3 Å². The molecule has 0 aliphatic carbocycles. The van der Waals surface area contributed by atoms with Gasteiger partial charge in [0.25, 0.3) is 0 Å². The number of carbonyl (C=O) groups excluding carboxylic acids is 1. The molecule has 6 heteroatoms. The van der Waals surface area contributed by atoms with Crippen molar-refractivity contribution >= 4 is 5.91 Å². The fraction of sp³-hybridized carbons (Fsp3) is 0.462. The van der Waals surface area contributed by atoms with Gasteiger partial charge >= 0.3 is 0 Å². The lowest BCUT2D eigenvalue weighted by molar-refractivity contribution is -0.126. The van der Waals surface area contributed by atoms with Gasteiger partial charge in [0.2, 0.25) is 5.91 Å². The largest absolute Gasteiger partial charge is 0.494 e. The Morgan fingerprint density at radius 3 is 2.84 bits per heavy atom. The molecule has 0 radical (unpaired) electrons. The van der Waals surface area contributed by atoms with Crippen LogP contribution in [0.4, 0.5) is 4.39 Å². The van der Waals surface area contributed by atoms with Crippen LogP contribution in [-0.4, -0.2) is 32.8 Å². The van der Waals surface area contributed by atoms with Crippen LogP contribution in [0.5, 0.6) is 5.75 Å². The van der Waals surface area contributed by atoms with Crippen LogP contribution in [0.15, 0.2) is 18.2 Å². The number of methoxy groups -OCH3 is 1. The van der Waals surface area contributed by atoms with Gasteiger partial charge < -0.3 is 20.5 Å². The Kier molecular flexibility index (Phi) is 6.24. The Balaban J connectivity index is 2.55. The van der Waals surface area contributed by atoms with Crippen molar-refractivity contribution in [2.24, 2.45) is 5.73 Å². The van der Waals surface area contributed by atoms with E-state index in [4.69, 9.17) is 15.2 Å². The maximum absolute atomic E-state index is 13.5. The normalized spacial score (nSPS) is 12.0. The summed E-state index contributed by atoms with van der Waals surface area (Å²) >= 11 is 0. The van der Waals surface area contributed by atoms with E-state index in [0.29, 0.717) is 18.7 Å². The van der Waals surface area contributed by atoms with Crippen molar-refractivity contribution < 1.29 is 18.7 Å². The van der Waals surface area contributed by atoms with Crippen molar-refractivity contribution in [2.75, 3.05) is 26.9 Å². The molecule has 1 amide bonds. The zero-order valence-electron chi connectivity index (χ0n) is 11.1. The predicted octanol–water partition coefficient (Wildman–Crippen LogP) is 0.987. The highest BCUT2D eigenvalue weighted by Gasteiger charge is 2.12. The topological polar surface area (TPSA) is 73.6 Å². The minimum absolute atomic E-state index is 0.0554. The van der Waals surface area contributed by atoms with E-state index in [1.807, 2.05) is 0 Å². The van der Waals surface area contributed by atoms with Gasteiger partial charge in [-0.3, -0.25) is 4.79 Å². The maximum Gasteiger partial charge on any atom is 0.246 e. The average Bonchev–Trinajstić information content (AvgIpc) is 2.38. The summed E-state index contributed by atoms with van der Waals surface area (Å²) in [5.41, 5.74) is 5.90. The lowest BCUT2D eigenvalue weighted by Gasteiger charge is -2.15. The van der Waals surface area contributed by atoms with E-state index in [1.54, 1.807) is 13.0 Å². The van der Waals surface area contributed by atoms with Crippen LogP contribution in [-0.2, 0) is 9.53 Å². The Morgan fingerprint density at radius 1 is 1.53 bits per heavy atom. The molecule has 1 aromatic carbocycles. The molecule has 5 nitrogen and oxygen atoms in total. The van der Waals surface area contributed by atoms with Gasteiger partial charge in [0.05, 0.1) is 19.8 Å². The molecule has 19 heavy (non-hydrogen) atoms. The molecule has 1 unspecified atom stereocenters. The molecular formula is C13H19FN2O3. The number of ether oxygens (including phenoxy) is 2. The van der Waals surface area contributed by atoms with Crippen molar-refractivity contribution in [3.63, 3.8) is 0 Å². The molecule has 0 bridgehead atoms. The molecule has 1 rings (SSSR count). The third-order valence-electron chi connectivity index (χ3n) is 2.55. The second-order valence-electron chi connectivity index (χ2n) is 4.02. The number of nitrogens with one attached hydrogen (secondary N) is 1. The first-order valence-electron chi connectivity index (χ1n) is 5.99. The summed E-state index contributed by atoms with van der Waals surface area (Å²) in [6, 6.07) is 4.26. The molecule has 3 N–H and O–H groups in total. The lowest BCUT2D eigenvalue weighted by Crippen LogP contribution is -2.30. The Labute approximate surface area is 111 Å². The zero-order valence-corrected chi connectivity index (χ0v) is 11.1. The third-order valence-corrected chi connectivity index (χ3v) is 2.55. The highest BCUT2D eigenvalue weighted by atomic mass is 19.1. The van der Waals surface area contributed by atoms with Crippen molar-refractivity contribution in [3.05, 3.63) is 29.6 Å². The summed E-state index contributed by atoms with van der Waals surface area (Å²) in [5, 5.41) is 2.71. The fourth-order valence-corrected chi connectivity index (χ4v) is 1.57. The Morgan fingerprint density at radius 2 is 2.26 bits per heavy atom. The maximum atomic E-state index is 13.5. The van der Waals surface area contributed by atoms with Gasteiger partial charge in [0.15, 0.2) is 11.6 Å². The van der Waals surface area contributed by atoms with E-state index < -0.39 is 5.82 Å². The van der Waals surface area contributed by atoms with Gasteiger partial charge in [-0.2, -0.15) is 0 Å². The van der Waals surface area contributed by atoms with Gasteiger partial charge in [0.1, 0.15) is 6.61 Å². The number of rotatable bonds is 7. The van der Waals surface area contributed by atoms with Crippen LogP contribution in [0.25, 0.3) is 0 Å². The van der Waals surface area contributed by atoms with Crippen molar-refractivity contribution in [3.8, 4) is 5.75 Å². The molecule has 0 saturated carbocycles. The molecule has 106 valence electrons. The number of hydrogen-bond acceptors (Lipinski definition) is 4. The quantitative estimate of drug-likeness (QED) is 0.725. The van der Waals surface area contributed by atoms with Crippen LogP contribution in [0.3, 0.4) is 0 Å². The molecular weight excluding hydrogens is 251 g/mol. The number of carbonyl (C=O) groups is 1. The fourth-order valence-electron chi connectivity index (χ4n) is 1.57. The lowest BCUT2D eigenvalue weighted by atomic mass is 10.1. The van der Waals surface area contributed by atoms with Crippen LogP contribution in [0, 0.1) is 5.82 Å². The molecule has 0 fully saturated rings. The number of benzene rings is 1. The number of amides is 1. The SMILES string of the molecule is COc1ccc(C(C)NC(=O)COCCN)cc1F. The summed E-state index contributed by atoms with van der Waals surface area (Å²) < 4.78 is 23.4. The number of hydrogen-bond donors (Lipinski definition) is 2. The molecule has 1 aromatic rings. The molecule has 0 aliphatic rings. The van der Waals surface area contributed by atoms with E-state index in [1.165, 1.54) is 19.2 Å². The van der Waals surface area contributed by atoms with Gasteiger partial charge in [0, 0.05) is 6.54 Å². The highest BCUT2D eigenvalue weighted by molar-refractivity contribution is 5.77. The summed E-state index contributed by atoms with van der Waals surface area (Å²) in [6.45, 7) is 2.41. The van der Waals surface area contributed by atoms with Crippen LogP contribution in [0.2, 0.25) is 0 Å². The monoisotopic (exact) mass is 270 g/mol. The van der Waals surface area contributed by atoms with Gasteiger partial charge in [-0.25, -0.2) is 4.39 Å². The smallest absolute Gasteiger partial charge is 0.246 e. The van der Waals surface area contributed by atoms with Gasteiger partial charge in [-0.05, 0) is 24.6 Å². The third kappa shape index (κ3) is 4.84. The van der Waals surface area contributed by atoms with E-state index in [9.17, 15) is 9.18 Å². The summed E-state index contributed by atoms with van der Waals surface area (Å²) in [4.78, 5) is 11.5. The first kappa shape index (κ1) is 15.4.